The van der Waals surface area contributed by atoms with E-state index in [-0.39, 0.29) is 0 Å². The van der Waals surface area contributed by atoms with Crippen LogP contribution >= 0.6 is 22.7 Å². The van der Waals surface area contributed by atoms with Crippen LogP contribution in [0.25, 0.3) is 9.40 Å². The van der Waals surface area contributed by atoms with Crippen molar-refractivity contribution in [3.8, 4) is 0 Å². The minimum atomic E-state index is -0.744. The normalized spacial score (nSPS) is 11.5. The molecule has 0 bridgehead atoms. The van der Waals surface area contributed by atoms with Crippen molar-refractivity contribution in [3.63, 3.8) is 0 Å². The molecule has 27 heavy (non-hydrogen) atoms. The Labute approximate surface area is 173 Å². The van der Waals surface area contributed by atoms with Crippen LogP contribution in [-0.4, -0.2) is 11.1 Å². The van der Waals surface area contributed by atoms with E-state index in [1.54, 1.807) is 11.3 Å². The number of aromatic carboxylic acids is 1. The van der Waals surface area contributed by atoms with Gasteiger partial charge in [-0.3, -0.25) is 0 Å². The lowest BCUT2D eigenvalue weighted by Gasteiger charge is -2.01. The zero-order valence-electron chi connectivity index (χ0n) is 17.1. The Kier molecular flexibility index (Phi) is 10.4. The molecular formula is C23H36O2S2. The van der Waals surface area contributed by atoms with Gasteiger partial charge in [-0.1, -0.05) is 78.1 Å². The molecule has 1 N–H and O–H groups in total. The molecule has 2 nitrogen and oxygen atoms in total. The molecular weight excluding hydrogens is 372 g/mol. The van der Waals surface area contributed by atoms with Crippen molar-refractivity contribution in [1.82, 2.24) is 0 Å². The molecule has 2 aromatic rings. The van der Waals surface area contributed by atoms with E-state index >= 15 is 0 Å². The number of thiophene rings is 2. The first-order valence-electron chi connectivity index (χ1n) is 10.9. The fourth-order valence-electron chi connectivity index (χ4n) is 3.72. The molecule has 2 aromatic heterocycles. The third-order valence-electron chi connectivity index (χ3n) is 5.34. The lowest BCUT2D eigenvalue weighted by molar-refractivity contribution is 0.0701. The molecule has 0 spiro atoms. The zero-order chi connectivity index (χ0) is 19.5. The van der Waals surface area contributed by atoms with Crippen molar-refractivity contribution >= 4 is 38.0 Å². The summed E-state index contributed by atoms with van der Waals surface area (Å²) in [5.74, 6) is -0.744. The van der Waals surface area contributed by atoms with Gasteiger partial charge in [-0.2, -0.15) is 0 Å². The highest BCUT2D eigenvalue weighted by molar-refractivity contribution is 7.28. The summed E-state index contributed by atoms with van der Waals surface area (Å²) in [6, 6.07) is 0. The Hall–Kier alpha value is -0.870. The first kappa shape index (κ1) is 22.4. The van der Waals surface area contributed by atoms with Crippen LogP contribution in [0.4, 0.5) is 0 Å². The Morgan fingerprint density at radius 2 is 1.37 bits per heavy atom. The molecule has 0 aromatic carbocycles. The van der Waals surface area contributed by atoms with E-state index in [0.717, 1.165) is 24.8 Å². The van der Waals surface area contributed by atoms with Gasteiger partial charge >= 0.3 is 5.97 Å². The van der Waals surface area contributed by atoms with Crippen molar-refractivity contribution in [1.29, 1.82) is 0 Å². The average Bonchev–Trinajstić information content (AvgIpc) is 3.21. The first-order valence-corrected chi connectivity index (χ1v) is 12.6. The third-order valence-corrected chi connectivity index (χ3v) is 7.86. The van der Waals surface area contributed by atoms with Gasteiger partial charge in [0.2, 0.25) is 0 Å². The molecule has 0 aliphatic heterocycles. The van der Waals surface area contributed by atoms with E-state index in [4.69, 9.17) is 0 Å². The van der Waals surface area contributed by atoms with Crippen molar-refractivity contribution < 1.29 is 9.90 Å². The van der Waals surface area contributed by atoms with Gasteiger partial charge in [-0.15, -0.1) is 22.7 Å². The Morgan fingerprint density at radius 1 is 0.815 bits per heavy atom. The van der Waals surface area contributed by atoms with Crippen molar-refractivity contribution in [3.05, 3.63) is 21.4 Å². The number of carbonyl (C=O) groups is 1. The second kappa shape index (κ2) is 12.6. The van der Waals surface area contributed by atoms with Crippen LogP contribution in [0, 0.1) is 0 Å². The quantitative estimate of drug-likeness (QED) is 0.300. The van der Waals surface area contributed by atoms with Gasteiger partial charge < -0.3 is 5.11 Å². The zero-order valence-corrected chi connectivity index (χ0v) is 18.8. The van der Waals surface area contributed by atoms with E-state index in [2.05, 4.69) is 19.2 Å². The van der Waals surface area contributed by atoms with Crippen LogP contribution in [0.1, 0.15) is 112 Å². The summed E-state index contributed by atoms with van der Waals surface area (Å²) in [6.45, 7) is 4.47. The highest BCUT2D eigenvalue weighted by Crippen LogP contribution is 2.40. The average molecular weight is 409 g/mol. The molecule has 0 aliphatic rings. The fourth-order valence-corrected chi connectivity index (χ4v) is 6.34. The predicted molar refractivity (Wildman–Crippen MR) is 121 cm³/mol. The van der Waals surface area contributed by atoms with Gasteiger partial charge in [0, 0.05) is 9.40 Å². The lowest BCUT2D eigenvalue weighted by Crippen LogP contribution is -1.97. The molecule has 2 rings (SSSR count). The number of hydrogen-bond acceptors (Lipinski definition) is 3. The molecule has 0 fully saturated rings. The highest BCUT2D eigenvalue weighted by Gasteiger charge is 2.20. The van der Waals surface area contributed by atoms with E-state index in [1.807, 2.05) is 0 Å². The van der Waals surface area contributed by atoms with Gasteiger partial charge in [0.15, 0.2) is 0 Å². The number of carboxylic acids is 1. The molecule has 0 saturated carbocycles. The van der Waals surface area contributed by atoms with Gasteiger partial charge in [0.25, 0.3) is 0 Å². The van der Waals surface area contributed by atoms with Crippen LogP contribution < -0.4 is 0 Å². The van der Waals surface area contributed by atoms with Crippen molar-refractivity contribution in [2.24, 2.45) is 0 Å². The monoisotopic (exact) mass is 408 g/mol. The minimum Gasteiger partial charge on any atom is -0.477 e. The maximum atomic E-state index is 11.7. The fraction of sp³-hybridized carbons (Fsp3) is 0.696. The molecule has 4 heteroatoms. The summed E-state index contributed by atoms with van der Waals surface area (Å²) < 4.78 is 2.51. The number of carboxylic acid groups (broad SMARTS) is 1. The van der Waals surface area contributed by atoms with Gasteiger partial charge in [-0.05, 0) is 42.2 Å². The van der Waals surface area contributed by atoms with Crippen LogP contribution in [-0.2, 0) is 12.8 Å². The second-order valence-electron chi connectivity index (χ2n) is 7.67. The lowest BCUT2D eigenvalue weighted by atomic mass is 10.0. The van der Waals surface area contributed by atoms with E-state index in [0.29, 0.717) is 4.88 Å². The summed E-state index contributed by atoms with van der Waals surface area (Å²) in [6.07, 6.45) is 17.4. The van der Waals surface area contributed by atoms with Gasteiger partial charge in [0.05, 0.1) is 0 Å². The largest absolute Gasteiger partial charge is 0.477 e. The maximum Gasteiger partial charge on any atom is 0.346 e. The predicted octanol–water partition coefficient (Wildman–Crippen LogP) is 8.47. The smallest absolute Gasteiger partial charge is 0.346 e. The summed E-state index contributed by atoms with van der Waals surface area (Å²) in [7, 11) is 0. The molecule has 0 atom stereocenters. The summed E-state index contributed by atoms with van der Waals surface area (Å²) in [4.78, 5) is 12.3. The summed E-state index contributed by atoms with van der Waals surface area (Å²) >= 11 is 3.28. The summed E-state index contributed by atoms with van der Waals surface area (Å²) in [5.41, 5.74) is 2.49. The second-order valence-corrected chi connectivity index (χ2v) is 9.57. The third kappa shape index (κ3) is 6.90. The number of rotatable bonds is 15. The molecule has 152 valence electrons. The first-order chi connectivity index (χ1) is 13.2. The number of fused-ring (bicyclic) bond motifs is 1. The van der Waals surface area contributed by atoms with Crippen molar-refractivity contribution in [2.75, 3.05) is 0 Å². The van der Waals surface area contributed by atoms with Gasteiger partial charge in [-0.25, -0.2) is 4.79 Å². The molecule has 0 unspecified atom stereocenters. The van der Waals surface area contributed by atoms with Crippen LogP contribution in [0.3, 0.4) is 0 Å². The minimum absolute atomic E-state index is 0.588. The Balaban J connectivity index is 1.89. The number of unbranched alkanes of at least 4 members (excludes halogenated alkanes) is 10. The van der Waals surface area contributed by atoms with Crippen LogP contribution in [0.2, 0.25) is 0 Å². The van der Waals surface area contributed by atoms with E-state index in [9.17, 15) is 9.90 Å². The summed E-state index contributed by atoms with van der Waals surface area (Å²) in [5, 5.41) is 11.9. The Morgan fingerprint density at radius 3 is 2.00 bits per heavy atom. The maximum absolute atomic E-state index is 11.7. The topological polar surface area (TPSA) is 37.3 Å². The Bertz CT molecular complexity index is 684. The number of hydrogen-bond donors (Lipinski definition) is 1. The highest BCUT2D eigenvalue weighted by atomic mass is 32.1. The molecule has 2 heterocycles. The van der Waals surface area contributed by atoms with Gasteiger partial charge in [0.1, 0.15) is 4.88 Å². The van der Waals surface area contributed by atoms with Crippen LogP contribution in [0.5, 0.6) is 0 Å². The molecule has 0 saturated heterocycles. The van der Waals surface area contributed by atoms with E-state index in [1.165, 1.54) is 96.9 Å². The molecule has 0 radical (unpaired) electrons. The standard InChI is InChI=1S/C23H36O2S2/c1-3-5-7-9-10-11-12-13-15-18-17-26-21-19(16-14-8-6-4-2)22(23(24)25)27-20(18)21/h17H,3-16H2,1-2H3,(H,24,25). The molecule has 0 aliphatic carbocycles. The van der Waals surface area contributed by atoms with Crippen molar-refractivity contribution in [2.45, 2.75) is 104 Å². The van der Waals surface area contributed by atoms with E-state index < -0.39 is 5.97 Å². The SMILES string of the molecule is CCCCCCCCCCc1csc2c(CCCCCC)c(C(=O)O)sc12. The van der Waals surface area contributed by atoms with Crippen LogP contribution in [0.15, 0.2) is 5.38 Å². The number of aryl methyl sites for hydroxylation is 2. The molecule has 0 amide bonds.